The van der Waals surface area contributed by atoms with Crippen molar-refractivity contribution >= 4 is 0 Å². The smallest absolute Gasteiger partial charge is 0.264 e. The third-order valence-electron chi connectivity index (χ3n) is 4.15. The fourth-order valence-corrected chi connectivity index (χ4v) is 3.03. The molecule has 2 heterocycles. The fraction of sp³-hybridized carbons (Fsp3) is 0.167. The Balaban J connectivity index is 1.92. The van der Waals surface area contributed by atoms with Crippen LogP contribution in [-0.4, -0.2) is 9.97 Å². The maximum absolute atomic E-state index is 4.93. The minimum Gasteiger partial charge on any atom is -0.264 e. The molecule has 0 radical (unpaired) electrons. The van der Waals surface area contributed by atoms with Crippen LogP contribution in [0.15, 0.2) is 48.9 Å². The van der Waals surface area contributed by atoms with Crippen LogP contribution in [0.25, 0.3) is 22.5 Å². The minimum atomic E-state index is 0.896. The van der Waals surface area contributed by atoms with Gasteiger partial charge in [-0.3, -0.25) is 4.98 Å². The van der Waals surface area contributed by atoms with E-state index in [9.17, 15) is 0 Å². The summed E-state index contributed by atoms with van der Waals surface area (Å²) in [5.74, 6) is 1.02. The van der Waals surface area contributed by atoms with E-state index in [4.69, 9.17) is 4.98 Å². The summed E-state index contributed by atoms with van der Waals surface area (Å²) >= 11 is 0. The van der Waals surface area contributed by atoms with Crippen molar-refractivity contribution < 1.29 is 4.57 Å². The summed E-state index contributed by atoms with van der Waals surface area (Å²) in [7, 11) is 2.06. The zero-order chi connectivity index (χ0) is 14.4. The summed E-state index contributed by atoms with van der Waals surface area (Å²) in [4.78, 5) is 9.18. The summed E-state index contributed by atoms with van der Waals surface area (Å²) in [6, 6.07) is 10.5. The monoisotopic (exact) mass is 274 g/mol. The Morgan fingerprint density at radius 2 is 1.90 bits per heavy atom. The average Bonchev–Trinajstić information content (AvgIpc) is 2.85. The number of rotatable bonds is 1. The molecule has 0 fully saturated rings. The van der Waals surface area contributed by atoms with Gasteiger partial charge in [0.2, 0.25) is 0 Å². The van der Waals surface area contributed by atoms with Gasteiger partial charge in [0.25, 0.3) is 0 Å². The molecule has 1 aromatic carbocycles. The predicted molar refractivity (Wildman–Crippen MR) is 81.6 cm³/mol. The van der Waals surface area contributed by atoms with Crippen LogP contribution in [0.4, 0.5) is 0 Å². The Morgan fingerprint density at radius 1 is 1.05 bits per heavy atom. The highest BCUT2D eigenvalue weighted by molar-refractivity contribution is 5.74. The molecule has 0 bridgehead atoms. The molecule has 0 spiro atoms. The number of nitrogens with zero attached hydrogens (tertiary/aromatic N) is 3. The van der Waals surface area contributed by atoms with Crippen LogP contribution in [-0.2, 0) is 13.5 Å². The molecular formula is C18H16N3+. The molecule has 0 amide bonds. The first-order valence-corrected chi connectivity index (χ1v) is 7.13. The Hall–Kier alpha value is -2.55. The number of pyridine rings is 1. The molecule has 0 unspecified atom stereocenters. The third-order valence-corrected chi connectivity index (χ3v) is 4.15. The second kappa shape index (κ2) is 4.48. The molecule has 0 aliphatic heterocycles. The van der Waals surface area contributed by atoms with Crippen molar-refractivity contribution in [3.63, 3.8) is 0 Å². The number of aryl methyl sites for hydroxylation is 2. The van der Waals surface area contributed by atoms with E-state index in [1.54, 1.807) is 0 Å². The van der Waals surface area contributed by atoms with Gasteiger partial charge in [-0.05, 0) is 35.2 Å². The van der Waals surface area contributed by atoms with Crippen molar-refractivity contribution in [2.75, 3.05) is 0 Å². The van der Waals surface area contributed by atoms with Gasteiger partial charge in [-0.1, -0.05) is 18.2 Å². The summed E-state index contributed by atoms with van der Waals surface area (Å²) in [5, 5.41) is 0. The maximum atomic E-state index is 4.93. The zero-order valence-electron chi connectivity index (χ0n) is 12.2. The summed E-state index contributed by atoms with van der Waals surface area (Å²) in [5.41, 5.74) is 7.32. The van der Waals surface area contributed by atoms with E-state index in [0.717, 1.165) is 17.9 Å². The zero-order valence-corrected chi connectivity index (χ0v) is 12.2. The normalized spacial score (nSPS) is 12.1. The number of hydrogen-bond acceptors (Lipinski definition) is 2. The van der Waals surface area contributed by atoms with E-state index >= 15 is 0 Å². The maximum Gasteiger partial charge on any atom is 0.330 e. The highest BCUT2D eigenvalue weighted by Gasteiger charge is 2.28. The molecular weight excluding hydrogens is 258 g/mol. The van der Waals surface area contributed by atoms with Gasteiger partial charge in [0, 0.05) is 24.4 Å². The van der Waals surface area contributed by atoms with E-state index < -0.39 is 0 Å². The molecule has 0 atom stereocenters. The van der Waals surface area contributed by atoms with E-state index in [1.165, 1.54) is 27.8 Å². The lowest BCUT2D eigenvalue weighted by Gasteiger charge is -2.04. The SMILES string of the molecule is Cc1ccccc1-c1nc2c(c[n+]1C)-c1cnccc1C2. The number of hydrogen-bond donors (Lipinski definition) is 0. The largest absolute Gasteiger partial charge is 0.330 e. The molecule has 4 rings (SSSR count). The molecule has 3 nitrogen and oxygen atoms in total. The Kier molecular flexibility index (Phi) is 2.61. The van der Waals surface area contributed by atoms with Crippen molar-refractivity contribution in [1.29, 1.82) is 0 Å². The van der Waals surface area contributed by atoms with Gasteiger partial charge in [0.05, 0.1) is 18.2 Å². The van der Waals surface area contributed by atoms with Crippen LogP contribution in [0, 0.1) is 6.92 Å². The van der Waals surface area contributed by atoms with Crippen molar-refractivity contribution in [3.8, 4) is 22.5 Å². The number of aromatic nitrogens is 3. The first-order valence-electron chi connectivity index (χ1n) is 7.13. The summed E-state index contributed by atoms with van der Waals surface area (Å²) in [6.07, 6.45) is 6.87. The van der Waals surface area contributed by atoms with Gasteiger partial charge in [-0.25, -0.2) is 4.57 Å². The van der Waals surface area contributed by atoms with E-state index in [1.807, 2.05) is 12.4 Å². The highest BCUT2D eigenvalue weighted by atomic mass is 15.0. The van der Waals surface area contributed by atoms with Gasteiger partial charge in [-0.2, -0.15) is 0 Å². The number of benzene rings is 1. The Morgan fingerprint density at radius 3 is 2.76 bits per heavy atom. The molecule has 1 aliphatic rings. The van der Waals surface area contributed by atoms with Crippen LogP contribution in [0.1, 0.15) is 16.8 Å². The Bertz CT molecular complexity index is 853. The van der Waals surface area contributed by atoms with Crippen molar-refractivity contribution in [2.45, 2.75) is 13.3 Å². The van der Waals surface area contributed by atoms with Gasteiger partial charge < -0.3 is 0 Å². The van der Waals surface area contributed by atoms with Crippen molar-refractivity contribution in [2.24, 2.45) is 7.05 Å². The molecule has 1 aliphatic carbocycles. The predicted octanol–water partition coefficient (Wildman–Crippen LogP) is 2.85. The van der Waals surface area contributed by atoms with E-state index in [-0.39, 0.29) is 0 Å². The fourth-order valence-electron chi connectivity index (χ4n) is 3.03. The van der Waals surface area contributed by atoms with E-state index in [2.05, 4.69) is 60.1 Å². The van der Waals surface area contributed by atoms with Crippen LogP contribution >= 0.6 is 0 Å². The Labute approximate surface area is 124 Å². The van der Waals surface area contributed by atoms with Gasteiger partial charge in [-0.15, -0.1) is 0 Å². The molecule has 3 heteroatoms. The lowest BCUT2D eigenvalue weighted by molar-refractivity contribution is -0.662. The van der Waals surface area contributed by atoms with Crippen LogP contribution in [0.3, 0.4) is 0 Å². The highest BCUT2D eigenvalue weighted by Crippen LogP contribution is 2.34. The second-order valence-corrected chi connectivity index (χ2v) is 5.56. The molecule has 102 valence electrons. The second-order valence-electron chi connectivity index (χ2n) is 5.56. The lowest BCUT2D eigenvalue weighted by atomic mass is 10.1. The quantitative estimate of drug-likeness (QED) is 0.500. The minimum absolute atomic E-state index is 0.896. The molecule has 2 aromatic heterocycles. The standard InChI is InChI=1S/C18H16N3/c1-12-5-3-4-6-14(12)18-20-17-9-13-7-8-19-10-15(13)16(17)11-21(18)2/h3-8,10-11H,9H2,1-2H3/q+1. The van der Waals surface area contributed by atoms with E-state index in [0.29, 0.717) is 0 Å². The summed E-state index contributed by atoms with van der Waals surface area (Å²) < 4.78 is 2.11. The lowest BCUT2D eigenvalue weighted by Crippen LogP contribution is -2.33. The summed E-state index contributed by atoms with van der Waals surface area (Å²) in [6.45, 7) is 2.13. The topological polar surface area (TPSA) is 29.7 Å². The molecule has 0 N–H and O–H groups in total. The van der Waals surface area contributed by atoms with Crippen LogP contribution < -0.4 is 4.57 Å². The molecule has 21 heavy (non-hydrogen) atoms. The first kappa shape index (κ1) is 12.2. The third kappa shape index (κ3) is 1.85. The first-order chi connectivity index (χ1) is 10.2. The number of fused-ring (bicyclic) bond motifs is 3. The van der Waals surface area contributed by atoms with Gasteiger partial charge in [0.1, 0.15) is 6.20 Å². The van der Waals surface area contributed by atoms with Crippen LogP contribution in [0.2, 0.25) is 0 Å². The molecule has 3 aromatic rings. The van der Waals surface area contributed by atoms with Crippen LogP contribution in [0.5, 0.6) is 0 Å². The molecule has 0 saturated carbocycles. The average molecular weight is 274 g/mol. The molecule has 0 saturated heterocycles. The van der Waals surface area contributed by atoms with Crippen molar-refractivity contribution in [1.82, 2.24) is 9.97 Å². The van der Waals surface area contributed by atoms with Gasteiger partial charge >= 0.3 is 5.82 Å². The van der Waals surface area contributed by atoms with Crippen molar-refractivity contribution in [3.05, 3.63) is 65.7 Å². The van der Waals surface area contributed by atoms with Gasteiger partial charge in [0.15, 0.2) is 5.69 Å².